The molecule has 0 radical (unpaired) electrons. The van der Waals surface area contributed by atoms with Crippen LogP contribution in [0.25, 0.3) is 0 Å². The molecule has 1 aromatic rings. The first kappa shape index (κ1) is 13.6. The Morgan fingerprint density at radius 1 is 1.40 bits per heavy atom. The van der Waals surface area contributed by atoms with Crippen LogP contribution in [0, 0.1) is 5.92 Å². The van der Waals surface area contributed by atoms with E-state index in [1.165, 1.54) is 11.1 Å². The molecule has 4 heteroatoms. The van der Waals surface area contributed by atoms with Crippen molar-refractivity contribution in [1.29, 1.82) is 0 Å². The Bertz CT molecular complexity index is 483. The van der Waals surface area contributed by atoms with Gasteiger partial charge in [0.1, 0.15) is 0 Å². The summed E-state index contributed by atoms with van der Waals surface area (Å²) in [6, 6.07) is 8.39. The van der Waals surface area contributed by atoms with Gasteiger partial charge in [-0.3, -0.25) is 4.79 Å². The molecule has 3 rings (SSSR count). The number of carbonyl (C=O) groups is 1. The number of nitrogens with one attached hydrogen (secondary N) is 2. The normalized spacial score (nSPS) is 26.9. The summed E-state index contributed by atoms with van der Waals surface area (Å²) in [5.74, 6) is 0.564. The Labute approximate surface area is 119 Å². The van der Waals surface area contributed by atoms with Gasteiger partial charge >= 0.3 is 0 Å². The minimum Gasteiger partial charge on any atom is -0.381 e. The van der Waals surface area contributed by atoms with Crippen LogP contribution in [-0.4, -0.2) is 31.2 Å². The summed E-state index contributed by atoms with van der Waals surface area (Å²) in [5, 5.41) is 6.47. The third kappa shape index (κ3) is 2.86. The molecule has 0 bridgehead atoms. The highest BCUT2D eigenvalue weighted by Gasteiger charge is 2.28. The molecule has 0 aromatic heterocycles. The number of rotatable bonds is 3. The largest absolute Gasteiger partial charge is 0.381 e. The van der Waals surface area contributed by atoms with Crippen LogP contribution in [0.3, 0.4) is 0 Å². The van der Waals surface area contributed by atoms with Crippen molar-refractivity contribution in [3.8, 4) is 0 Å². The Kier molecular flexibility index (Phi) is 4.03. The SMILES string of the molecule is CC(NC(=O)C1Cc2ccccc2CN1)C1CCOC1. The maximum Gasteiger partial charge on any atom is 0.237 e. The number of amides is 1. The summed E-state index contributed by atoms with van der Waals surface area (Å²) in [6.07, 6.45) is 1.82. The van der Waals surface area contributed by atoms with Crippen LogP contribution < -0.4 is 10.6 Å². The van der Waals surface area contributed by atoms with Gasteiger partial charge in [0, 0.05) is 25.1 Å². The zero-order chi connectivity index (χ0) is 13.9. The molecule has 3 atom stereocenters. The second-order valence-corrected chi connectivity index (χ2v) is 5.83. The lowest BCUT2D eigenvalue weighted by Crippen LogP contribution is -2.51. The van der Waals surface area contributed by atoms with E-state index >= 15 is 0 Å². The molecule has 1 amide bonds. The van der Waals surface area contributed by atoms with E-state index in [4.69, 9.17) is 4.74 Å². The van der Waals surface area contributed by atoms with Crippen LogP contribution in [-0.2, 0) is 22.5 Å². The van der Waals surface area contributed by atoms with Crippen molar-refractivity contribution in [2.24, 2.45) is 5.92 Å². The zero-order valence-electron chi connectivity index (χ0n) is 11.9. The third-order valence-electron chi connectivity index (χ3n) is 4.44. The van der Waals surface area contributed by atoms with E-state index in [0.717, 1.165) is 32.6 Å². The average molecular weight is 274 g/mol. The molecule has 0 aliphatic carbocycles. The summed E-state index contributed by atoms with van der Waals surface area (Å²) < 4.78 is 5.38. The van der Waals surface area contributed by atoms with E-state index in [1.54, 1.807) is 0 Å². The van der Waals surface area contributed by atoms with Gasteiger partial charge in [-0.15, -0.1) is 0 Å². The molecule has 2 heterocycles. The quantitative estimate of drug-likeness (QED) is 0.872. The van der Waals surface area contributed by atoms with Gasteiger partial charge < -0.3 is 15.4 Å². The van der Waals surface area contributed by atoms with Gasteiger partial charge in [-0.25, -0.2) is 0 Å². The fourth-order valence-electron chi connectivity index (χ4n) is 3.03. The molecule has 2 aliphatic heterocycles. The van der Waals surface area contributed by atoms with Crippen LogP contribution in [0.15, 0.2) is 24.3 Å². The fraction of sp³-hybridized carbons (Fsp3) is 0.562. The number of ether oxygens (including phenoxy) is 1. The van der Waals surface area contributed by atoms with Crippen molar-refractivity contribution in [3.63, 3.8) is 0 Å². The van der Waals surface area contributed by atoms with Gasteiger partial charge in [0.2, 0.25) is 5.91 Å². The van der Waals surface area contributed by atoms with Crippen LogP contribution in [0.4, 0.5) is 0 Å². The van der Waals surface area contributed by atoms with E-state index in [1.807, 2.05) is 12.1 Å². The lowest BCUT2D eigenvalue weighted by molar-refractivity contribution is -0.124. The van der Waals surface area contributed by atoms with Crippen molar-refractivity contribution in [1.82, 2.24) is 10.6 Å². The molecule has 1 aromatic carbocycles. The van der Waals surface area contributed by atoms with Crippen molar-refractivity contribution < 1.29 is 9.53 Å². The second-order valence-electron chi connectivity index (χ2n) is 5.83. The van der Waals surface area contributed by atoms with E-state index in [0.29, 0.717) is 5.92 Å². The number of carbonyl (C=O) groups excluding carboxylic acids is 1. The molecular weight excluding hydrogens is 252 g/mol. The molecule has 0 saturated carbocycles. The fourth-order valence-corrected chi connectivity index (χ4v) is 3.03. The number of benzene rings is 1. The molecule has 0 spiro atoms. The smallest absolute Gasteiger partial charge is 0.237 e. The van der Waals surface area contributed by atoms with Gasteiger partial charge in [0.15, 0.2) is 0 Å². The lowest BCUT2D eigenvalue weighted by atomic mass is 9.94. The minimum absolute atomic E-state index is 0.110. The van der Waals surface area contributed by atoms with Crippen LogP contribution in [0.5, 0.6) is 0 Å². The first-order chi connectivity index (χ1) is 9.74. The lowest BCUT2D eigenvalue weighted by Gasteiger charge is -2.28. The second kappa shape index (κ2) is 5.94. The predicted molar refractivity (Wildman–Crippen MR) is 77.3 cm³/mol. The molecule has 3 unspecified atom stereocenters. The topological polar surface area (TPSA) is 50.4 Å². The van der Waals surface area contributed by atoms with E-state index in [2.05, 4.69) is 29.7 Å². The third-order valence-corrected chi connectivity index (χ3v) is 4.44. The number of fused-ring (bicyclic) bond motifs is 1. The summed E-state index contributed by atoms with van der Waals surface area (Å²) in [6.45, 7) is 4.44. The maximum absolute atomic E-state index is 12.4. The van der Waals surface area contributed by atoms with Gasteiger partial charge in [0.05, 0.1) is 12.6 Å². The van der Waals surface area contributed by atoms with Crippen LogP contribution in [0.2, 0.25) is 0 Å². The van der Waals surface area contributed by atoms with E-state index in [9.17, 15) is 4.79 Å². The molecule has 20 heavy (non-hydrogen) atoms. The van der Waals surface area contributed by atoms with Gasteiger partial charge in [0.25, 0.3) is 0 Å². The number of hydrogen-bond acceptors (Lipinski definition) is 3. The highest BCUT2D eigenvalue weighted by Crippen LogP contribution is 2.18. The highest BCUT2D eigenvalue weighted by atomic mass is 16.5. The first-order valence-electron chi connectivity index (χ1n) is 7.42. The van der Waals surface area contributed by atoms with Gasteiger partial charge in [-0.1, -0.05) is 24.3 Å². The summed E-state index contributed by atoms with van der Waals surface area (Å²) in [5.41, 5.74) is 2.58. The van der Waals surface area contributed by atoms with Crippen molar-refractivity contribution in [3.05, 3.63) is 35.4 Å². The van der Waals surface area contributed by atoms with Crippen molar-refractivity contribution >= 4 is 5.91 Å². The van der Waals surface area contributed by atoms with Crippen molar-refractivity contribution in [2.75, 3.05) is 13.2 Å². The molecule has 2 N–H and O–H groups in total. The Morgan fingerprint density at radius 2 is 2.20 bits per heavy atom. The Morgan fingerprint density at radius 3 is 2.95 bits per heavy atom. The molecule has 1 fully saturated rings. The van der Waals surface area contributed by atoms with Crippen LogP contribution >= 0.6 is 0 Å². The standard InChI is InChI=1S/C16H22N2O2/c1-11(14-6-7-20-10-14)18-16(19)15-8-12-4-2-3-5-13(12)9-17-15/h2-5,11,14-15,17H,6-10H2,1H3,(H,18,19). The van der Waals surface area contributed by atoms with E-state index < -0.39 is 0 Å². The summed E-state index contributed by atoms with van der Waals surface area (Å²) >= 11 is 0. The first-order valence-corrected chi connectivity index (χ1v) is 7.42. The minimum atomic E-state index is -0.116. The van der Waals surface area contributed by atoms with Crippen LogP contribution in [0.1, 0.15) is 24.5 Å². The molecule has 1 saturated heterocycles. The Balaban J connectivity index is 1.58. The molecule has 2 aliphatic rings. The number of hydrogen-bond donors (Lipinski definition) is 2. The molecule has 108 valence electrons. The predicted octanol–water partition coefficient (Wildman–Crippen LogP) is 1.24. The highest BCUT2D eigenvalue weighted by molar-refractivity contribution is 5.82. The summed E-state index contributed by atoms with van der Waals surface area (Å²) in [4.78, 5) is 12.4. The average Bonchev–Trinajstić information content (AvgIpc) is 3.01. The van der Waals surface area contributed by atoms with Gasteiger partial charge in [-0.05, 0) is 30.9 Å². The zero-order valence-corrected chi connectivity index (χ0v) is 11.9. The monoisotopic (exact) mass is 274 g/mol. The molecule has 4 nitrogen and oxygen atoms in total. The van der Waals surface area contributed by atoms with Gasteiger partial charge in [-0.2, -0.15) is 0 Å². The van der Waals surface area contributed by atoms with Crippen molar-refractivity contribution in [2.45, 2.75) is 38.4 Å². The maximum atomic E-state index is 12.4. The molecular formula is C16H22N2O2. The van der Waals surface area contributed by atoms with E-state index in [-0.39, 0.29) is 18.0 Å². The Hall–Kier alpha value is -1.39. The summed E-state index contributed by atoms with van der Waals surface area (Å²) in [7, 11) is 0.